The minimum absolute atomic E-state index is 0.346. The van der Waals surface area contributed by atoms with E-state index in [1.54, 1.807) is 4.68 Å². The number of hydrogen-bond donors (Lipinski definition) is 0. The summed E-state index contributed by atoms with van der Waals surface area (Å²) in [5.74, 6) is 0.840. The third kappa shape index (κ3) is 1.90. The first-order valence-electron chi connectivity index (χ1n) is 3.84. The van der Waals surface area contributed by atoms with Crippen molar-refractivity contribution in [1.29, 1.82) is 0 Å². The Bertz CT molecular complexity index is 278. The molecule has 0 spiro atoms. The average Bonchev–Trinajstić information content (AvgIpc) is 2.36. The molecule has 0 atom stereocenters. The van der Waals surface area contributed by atoms with Crippen LogP contribution >= 0.6 is 0 Å². The van der Waals surface area contributed by atoms with E-state index in [4.69, 9.17) is 0 Å². The number of carbonyl (C=O) groups excluding carboxylic acids is 1. The lowest BCUT2D eigenvalue weighted by atomic mass is 9.91. The summed E-state index contributed by atoms with van der Waals surface area (Å²) in [4.78, 5) is 14.6. The van der Waals surface area contributed by atoms with Crippen LogP contribution in [0.3, 0.4) is 0 Å². The number of aromatic nitrogens is 3. The van der Waals surface area contributed by atoms with Gasteiger partial charge in [-0.15, -0.1) is 0 Å². The Hall–Kier alpha value is -1.19. The monoisotopic (exact) mass is 167 g/mol. The van der Waals surface area contributed by atoms with Crippen molar-refractivity contribution >= 4 is 6.29 Å². The first-order valence-corrected chi connectivity index (χ1v) is 3.84. The van der Waals surface area contributed by atoms with Crippen LogP contribution in [0.4, 0.5) is 0 Å². The Kier molecular flexibility index (Phi) is 2.26. The minimum atomic E-state index is -0.346. The summed E-state index contributed by atoms with van der Waals surface area (Å²) in [6.07, 6.45) is 3.07. The van der Waals surface area contributed by atoms with Crippen molar-refractivity contribution in [3.8, 4) is 0 Å². The van der Waals surface area contributed by atoms with E-state index in [0.717, 1.165) is 12.1 Å². The zero-order valence-corrected chi connectivity index (χ0v) is 7.61. The number of rotatable bonds is 3. The van der Waals surface area contributed by atoms with Crippen LogP contribution in [0.1, 0.15) is 19.7 Å². The molecule has 1 aromatic rings. The van der Waals surface area contributed by atoms with Gasteiger partial charge in [-0.05, 0) is 0 Å². The van der Waals surface area contributed by atoms with Crippen LogP contribution < -0.4 is 0 Å². The van der Waals surface area contributed by atoms with E-state index >= 15 is 0 Å². The van der Waals surface area contributed by atoms with Crippen LogP contribution in [0, 0.1) is 5.41 Å². The molecule has 0 saturated carbocycles. The Balaban J connectivity index is 2.76. The van der Waals surface area contributed by atoms with Gasteiger partial charge in [-0.2, -0.15) is 5.10 Å². The lowest BCUT2D eigenvalue weighted by Gasteiger charge is -2.14. The Morgan fingerprint density at radius 1 is 1.67 bits per heavy atom. The number of nitrogens with zero attached hydrogens (tertiary/aromatic N) is 3. The number of aldehydes is 1. The van der Waals surface area contributed by atoms with Crippen LogP contribution in [0.15, 0.2) is 6.33 Å². The molecule has 0 unspecified atom stereocenters. The maximum atomic E-state index is 10.6. The second-order valence-corrected chi connectivity index (χ2v) is 3.58. The van der Waals surface area contributed by atoms with E-state index in [1.165, 1.54) is 6.33 Å². The van der Waals surface area contributed by atoms with Gasteiger partial charge < -0.3 is 4.79 Å². The van der Waals surface area contributed by atoms with Gasteiger partial charge in [0, 0.05) is 18.9 Å². The maximum Gasteiger partial charge on any atom is 0.138 e. The molecule has 1 rings (SSSR count). The molecule has 0 N–H and O–H groups in total. The van der Waals surface area contributed by atoms with E-state index in [1.807, 2.05) is 20.9 Å². The quantitative estimate of drug-likeness (QED) is 0.619. The summed E-state index contributed by atoms with van der Waals surface area (Å²) in [7, 11) is 1.82. The van der Waals surface area contributed by atoms with Gasteiger partial charge in [0.1, 0.15) is 18.4 Å². The molecule has 0 radical (unpaired) electrons. The highest BCUT2D eigenvalue weighted by atomic mass is 16.1. The van der Waals surface area contributed by atoms with Gasteiger partial charge in [-0.25, -0.2) is 4.98 Å². The van der Waals surface area contributed by atoms with E-state index in [9.17, 15) is 4.79 Å². The second kappa shape index (κ2) is 3.05. The molecule has 0 fully saturated rings. The summed E-state index contributed by atoms with van der Waals surface area (Å²) in [6, 6.07) is 0. The molecule has 0 aliphatic rings. The smallest absolute Gasteiger partial charge is 0.138 e. The predicted molar refractivity (Wildman–Crippen MR) is 44.6 cm³/mol. The molecule has 0 amide bonds. The molecule has 0 aliphatic heterocycles. The molecule has 1 aromatic heterocycles. The third-order valence-corrected chi connectivity index (χ3v) is 1.74. The Morgan fingerprint density at radius 3 is 2.75 bits per heavy atom. The number of carbonyl (C=O) groups is 1. The van der Waals surface area contributed by atoms with E-state index in [0.29, 0.717) is 6.42 Å². The molecule has 0 aliphatic carbocycles. The lowest BCUT2D eigenvalue weighted by Crippen LogP contribution is -2.19. The minimum Gasteiger partial charge on any atom is -0.303 e. The highest BCUT2D eigenvalue weighted by Gasteiger charge is 2.19. The Labute approximate surface area is 71.6 Å². The third-order valence-electron chi connectivity index (χ3n) is 1.74. The van der Waals surface area contributed by atoms with Crippen LogP contribution in [0.25, 0.3) is 0 Å². The topological polar surface area (TPSA) is 47.8 Å². The van der Waals surface area contributed by atoms with Gasteiger partial charge in [0.15, 0.2) is 0 Å². The molecular weight excluding hydrogens is 154 g/mol. The fourth-order valence-corrected chi connectivity index (χ4v) is 0.929. The highest BCUT2D eigenvalue weighted by molar-refractivity contribution is 5.58. The van der Waals surface area contributed by atoms with Crippen molar-refractivity contribution in [2.75, 3.05) is 0 Å². The molecule has 4 heteroatoms. The molecule has 0 bridgehead atoms. The van der Waals surface area contributed by atoms with Crippen molar-refractivity contribution in [2.24, 2.45) is 12.5 Å². The molecule has 12 heavy (non-hydrogen) atoms. The van der Waals surface area contributed by atoms with Crippen LogP contribution in [-0.4, -0.2) is 21.1 Å². The lowest BCUT2D eigenvalue weighted by molar-refractivity contribution is -0.114. The zero-order valence-electron chi connectivity index (χ0n) is 7.61. The zero-order chi connectivity index (χ0) is 9.19. The van der Waals surface area contributed by atoms with Gasteiger partial charge in [0.2, 0.25) is 0 Å². The fourth-order valence-electron chi connectivity index (χ4n) is 0.929. The van der Waals surface area contributed by atoms with E-state index in [2.05, 4.69) is 10.1 Å². The van der Waals surface area contributed by atoms with Crippen molar-refractivity contribution < 1.29 is 4.79 Å². The van der Waals surface area contributed by atoms with Gasteiger partial charge in [0.05, 0.1) is 0 Å². The molecule has 1 heterocycles. The average molecular weight is 167 g/mol. The van der Waals surface area contributed by atoms with Gasteiger partial charge in [0.25, 0.3) is 0 Å². The van der Waals surface area contributed by atoms with Crippen molar-refractivity contribution in [3.63, 3.8) is 0 Å². The summed E-state index contributed by atoms with van der Waals surface area (Å²) in [6.45, 7) is 3.77. The number of aryl methyl sites for hydroxylation is 1. The van der Waals surface area contributed by atoms with Gasteiger partial charge in [-0.1, -0.05) is 13.8 Å². The fraction of sp³-hybridized carbons (Fsp3) is 0.625. The summed E-state index contributed by atoms with van der Waals surface area (Å²) in [5, 5.41) is 3.92. The van der Waals surface area contributed by atoms with Gasteiger partial charge in [-0.3, -0.25) is 4.68 Å². The molecule has 0 saturated heterocycles. The van der Waals surface area contributed by atoms with E-state index in [-0.39, 0.29) is 5.41 Å². The first kappa shape index (κ1) is 8.90. The van der Waals surface area contributed by atoms with Crippen LogP contribution in [0.2, 0.25) is 0 Å². The largest absolute Gasteiger partial charge is 0.303 e. The maximum absolute atomic E-state index is 10.6. The molecule has 4 nitrogen and oxygen atoms in total. The normalized spacial score (nSPS) is 11.6. The van der Waals surface area contributed by atoms with Crippen molar-refractivity contribution in [2.45, 2.75) is 20.3 Å². The first-order chi connectivity index (χ1) is 5.55. The second-order valence-electron chi connectivity index (χ2n) is 3.58. The summed E-state index contributed by atoms with van der Waals surface area (Å²) in [5.41, 5.74) is -0.346. The van der Waals surface area contributed by atoms with E-state index < -0.39 is 0 Å². The van der Waals surface area contributed by atoms with Crippen molar-refractivity contribution in [1.82, 2.24) is 14.8 Å². The molecule has 0 aromatic carbocycles. The van der Waals surface area contributed by atoms with Crippen molar-refractivity contribution in [3.05, 3.63) is 12.2 Å². The molecule has 66 valence electrons. The van der Waals surface area contributed by atoms with Gasteiger partial charge >= 0.3 is 0 Å². The molecular formula is C8H13N3O. The summed E-state index contributed by atoms with van der Waals surface area (Å²) >= 11 is 0. The predicted octanol–water partition coefficient (Wildman–Crippen LogP) is 0.583. The standard InChI is InChI=1S/C8H13N3O/c1-8(2,5-12)4-7-9-6-10-11(7)3/h5-6H,4H2,1-3H3. The Morgan fingerprint density at radius 2 is 2.33 bits per heavy atom. The van der Waals surface area contributed by atoms with Crippen LogP contribution in [0.5, 0.6) is 0 Å². The number of hydrogen-bond acceptors (Lipinski definition) is 3. The van der Waals surface area contributed by atoms with Crippen LogP contribution in [-0.2, 0) is 18.3 Å². The SMILES string of the molecule is Cn1ncnc1CC(C)(C)C=O. The highest BCUT2D eigenvalue weighted by Crippen LogP contribution is 2.16. The summed E-state index contributed by atoms with van der Waals surface area (Å²) < 4.78 is 1.69.